The number of esters is 1. The highest BCUT2D eigenvalue weighted by molar-refractivity contribution is 5.88. The lowest BCUT2D eigenvalue weighted by Gasteiger charge is -2.23. The summed E-state index contributed by atoms with van der Waals surface area (Å²) in [7, 11) is 0. The molecule has 8 heteroatoms. The molecule has 4 aromatic rings. The van der Waals surface area contributed by atoms with Crippen molar-refractivity contribution in [2.45, 2.75) is 45.8 Å². The lowest BCUT2D eigenvalue weighted by Crippen LogP contribution is -2.46. The summed E-state index contributed by atoms with van der Waals surface area (Å²) >= 11 is 0. The van der Waals surface area contributed by atoms with Gasteiger partial charge < -0.3 is 24.2 Å². The molecule has 2 aromatic carbocycles. The molecule has 4 rings (SSSR count). The van der Waals surface area contributed by atoms with E-state index in [1.807, 2.05) is 24.3 Å². The molecule has 1 amide bonds. The number of aryl methyl sites for hydroxylation is 1. The molecule has 0 aliphatic rings. The number of rotatable bonds is 5. The first-order valence-corrected chi connectivity index (χ1v) is 10.9. The quantitative estimate of drug-likeness (QED) is 0.254. The second-order valence-electron chi connectivity index (χ2n) is 9.09. The van der Waals surface area contributed by atoms with Crippen LogP contribution >= 0.6 is 0 Å². The van der Waals surface area contributed by atoms with E-state index in [4.69, 9.17) is 13.9 Å². The first-order chi connectivity index (χ1) is 16.1. The molecule has 2 N–H and O–H groups in total. The second-order valence-corrected chi connectivity index (χ2v) is 9.09. The minimum atomic E-state index is -1.02. The average molecular weight is 463 g/mol. The summed E-state index contributed by atoms with van der Waals surface area (Å²) in [5, 5.41) is 4.31. The Kier molecular flexibility index (Phi) is 6.15. The zero-order valence-electron chi connectivity index (χ0n) is 19.4. The standard InChI is InChI=1S/C26H26N2O6/c1-15-11-23(29)33-22-13-17(9-10-18(15)22)32-24(30)21(28-25(31)34-26(2,3)4)12-16-14-27-20-8-6-5-7-19(16)20/h5-11,13-14,21,27H,12H2,1-4H3,(H,28,31)/t21-/m0/s1. The number of benzene rings is 2. The Morgan fingerprint density at radius 2 is 1.85 bits per heavy atom. The van der Waals surface area contributed by atoms with Crippen LogP contribution in [0.4, 0.5) is 4.79 Å². The van der Waals surface area contributed by atoms with E-state index in [0.29, 0.717) is 5.58 Å². The Morgan fingerprint density at radius 1 is 1.09 bits per heavy atom. The van der Waals surface area contributed by atoms with Crippen molar-refractivity contribution < 1.29 is 23.5 Å². The Morgan fingerprint density at radius 3 is 2.62 bits per heavy atom. The van der Waals surface area contributed by atoms with E-state index in [-0.39, 0.29) is 12.2 Å². The van der Waals surface area contributed by atoms with E-state index in [1.54, 1.807) is 46.0 Å². The van der Waals surface area contributed by atoms with Gasteiger partial charge in [-0.3, -0.25) is 0 Å². The van der Waals surface area contributed by atoms with E-state index in [1.165, 1.54) is 12.1 Å². The van der Waals surface area contributed by atoms with Crippen molar-refractivity contribution in [1.29, 1.82) is 0 Å². The van der Waals surface area contributed by atoms with Gasteiger partial charge in [-0.15, -0.1) is 0 Å². The number of H-pyrrole nitrogens is 1. The maximum atomic E-state index is 13.2. The Balaban J connectivity index is 1.60. The zero-order chi connectivity index (χ0) is 24.5. The maximum absolute atomic E-state index is 13.2. The molecule has 8 nitrogen and oxygen atoms in total. The highest BCUT2D eigenvalue weighted by atomic mass is 16.6. The summed E-state index contributed by atoms with van der Waals surface area (Å²) in [5.74, 6) is -0.480. The fraction of sp³-hybridized carbons (Fsp3) is 0.269. The highest BCUT2D eigenvalue weighted by Crippen LogP contribution is 2.24. The summed E-state index contributed by atoms with van der Waals surface area (Å²) < 4.78 is 16.2. The zero-order valence-corrected chi connectivity index (χ0v) is 19.4. The lowest BCUT2D eigenvalue weighted by molar-refractivity contribution is -0.136. The molecule has 2 aromatic heterocycles. The topological polar surface area (TPSA) is 111 Å². The minimum Gasteiger partial charge on any atom is -0.444 e. The molecule has 0 aliphatic heterocycles. The fourth-order valence-electron chi connectivity index (χ4n) is 3.72. The highest BCUT2D eigenvalue weighted by Gasteiger charge is 2.27. The van der Waals surface area contributed by atoms with Gasteiger partial charge in [-0.05, 0) is 57.0 Å². The summed E-state index contributed by atoms with van der Waals surface area (Å²) in [4.78, 5) is 40.5. The maximum Gasteiger partial charge on any atom is 0.408 e. The number of hydrogen-bond acceptors (Lipinski definition) is 6. The van der Waals surface area contributed by atoms with Gasteiger partial charge in [0.1, 0.15) is 23.0 Å². The predicted molar refractivity (Wildman–Crippen MR) is 128 cm³/mol. The van der Waals surface area contributed by atoms with Gasteiger partial charge in [-0.1, -0.05) is 18.2 Å². The van der Waals surface area contributed by atoms with E-state index in [0.717, 1.165) is 27.4 Å². The summed E-state index contributed by atoms with van der Waals surface area (Å²) in [6.07, 6.45) is 1.26. The SMILES string of the molecule is Cc1cc(=O)oc2cc(OC(=O)[C@H](Cc3c[nH]c4ccccc34)NC(=O)OC(C)(C)C)ccc12. The van der Waals surface area contributed by atoms with Crippen LogP contribution in [0.3, 0.4) is 0 Å². The number of ether oxygens (including phenoxy) is 2. The molecule has 0 bridgehead atoms. The molecule has 176 valence electrons. The fourth-order valence-corrected chi connectivity index (χ4v) is 3.72. The van der Waals surface area contributed by atoms with E-state index >= 15 is 0 Å². The number of carbonyl (C=O) groups is 2. The van der Waals surface area contributed by atoms with Crippen LogP contribution in [-0.2, 0) is 16.0 Å². The van der Waals surface area contributed by atoms with Crippen molar-refractivity contribution in [1.82, 2.24) is 10.3 Å². The predicted octanol–water partition coefficient (Wildman–Crippen LogP) is 4.62. The number of nitrogens with one attached hydrogen (secondary N) is 2. The van der Waals surface area contributed by atoms with E-state index < -0.39 is 29.3 Å². The molecule has 0 saturated carbocycles. The lowest BCUT2D eigenvalue weighted by atomic mass is 10.1. The summed E-state index contributed by atoms with van der Waals surface area (Å²) in [6, 6.07) is 12.9. The molecule has 0 unspecified atom stereocenters. The van der Waals surface area contributed by atoms with Crippen LogP contribution < -0.4 is 15.7 Å². The van der Waals surface area contributed by atoms with Crippen LogP contribution in [0.1, 0.15) is 31.9 Å². The third-order valence-electron chi connectivity index (χ3n) is 5.22. The number of alkyl carbamates (subject to hydrolysis) is 1. The normalized spacial score (nSPS) is 12.5. The molecule has 0 aliphatic carbocycles. The van der Waals surface area contributed by atoms with Gasteiger partial charge in [0.25, 0.3) is 0 Å². The monoisotopic (exact) mass is 462 g/mol. The molecule has 0 fully saturated rings. The van der Waals surface area contributed by atoms with Crippen molar-refractivity contribution >= 4 is 33.9 Å². The van der Waals surface area contributed by atoms with Crippen LogP contribution in [0.25, 0.3) is 21.9 Å². The third kappa shape index (κ3) is 5.28. The molecule has 0 radical (unpaired) electrons. The van der Waals surface area contributed by atoms with Crippen molar-refractivity contribution in [3.8, 4) is 5.75 Å². The molecule has 1 atom stereocenters. The van der Waals surface area contributed by atoms with Gasteiger partial charge in [-0.25, -0.2) is 14.4 Å². The number of para-hydroxylation sites is 1. The van der Waals surface area contributed by atoms with Gasteiger partial charge in [-0.2, -0.15) is 0 Å². The van der Waals surface area contributed by atoms with Gasteiger partial charge in [0.15, 0.2) is 0 Å². The third-order valence-corrected chi connectivity index (χ3v) is 5.22. The van der Waals surface area contributed by atoms with Crippen molar-refractivity contribution in [3.63, 3.8) is 0 Å². The van der Waals surface area contributed by atoms with Gasteiger partial charge in [0.2, 0.25) is 0 Å². The molecule has 0 saturated heterocycles. The van der Waals surface area contributed by atoms with Crippen molar-refractivity contribution in [2.24, 2.45) is 0 Å². The Hall–Kier alpha value is -4.07. The minimum absolute atomic E-state index is 0.184. The largest absolute Gasteiger partial charge is 0.444 e. The van der Waals surface area contributed by atoms with Crippen LogP contribution in [0.15, 0.2) is 63.9 Å². The molecule has 2 heterocycles. The van der Waals surface area contributed by atoms with Crippen molar-refractivity contribution in [2.75, 3.05) is 0 Å². The second kappa shape index (κ2) is 9.05. The van der Waals surface area contributed by atoms with E-state index in [2.05, 4.69) is 10.3 Å². The smallest absolute Gasteiger partial charge is 0.408 e. The van der Waals surface area contributed by atoms with Crippen LogP contribution in [0.2, 0.25) is 0 Å². The Labute approximate surface area is 195 Å². The van der Waals surface area contributed by atoms with Crippen LogP contribution in [-0.4, -0.2) is 28.7 Å². The molecule has 0 spiro atoms. The van der Waals surface area contributed by atoms with E-state index in [9.17, 15) is 14.4 Å². The van der Waals surface area contributed by atoms with Gasteiger partial charge in [0, 0.05) is 41.0 Å². The number of hydrogen-bond donors (Lipinski definition) is 2. The molecule has 34 heavy (non-hydrogen) atoms. The Bertz CT molecular complexity index is 1430. The summed E-state index contributed by atoms with van der Waals surface area (Å²) in [6.45, 7) is 7.02. The number of aromatic amines is 1. The van der Waals surface area contributed by atoms with Crippen LogP contribution in [0.5, 0.6) is 5.75 Å². The van der Waals surface area contributed by atoms with Crippen molar-refractivity contribution in [3.05, 3.63) is 76.3 Å². The van der Waals surface area contributed by atoms with Gasteiger partial charge in [0.05, 0.1) is 0 Å². The average Bonchev–Trinajstić information content (AvgIpc) is 3.14. The number of fused-ring (bicyclic) bond motifs is 2. The number of carbonyl (C=O) groups excluding carboxylic acids is 2. The first-order valence-electron chi connectivity index (χ1n) is 10.9. The first kappa shape index (κ1) is 23.1. The van der Waals surface area contributed by atoms with Gasteiger partial charge >= 0.3 is 17.7 Å². The van der Waals surface area contributed by atoms with Crippen LogP contribution in [0, 0.1) is 6.92 Å². The number of amides is 1. The number of aromatic nitrogens is 1. The molecular weight excluding hydrogens is 436 g/mol. The molecular formula is C26H26N2O6. The summed E-state index contributed by atoms with van der Waals surface area (Å²) in [5.41, 5.74) is 1.61.